The summed E-state index contributed by atoms with van der Waals surface area (Å²) in [6.07, 6.45) is 0. The first-order valence-electron chi connectivity index (χ1n) is 5.29. The lowest BCUT2D eigenvalue weighted by Crippen LogP contribution is -2.22. The number of nitrogens with one attached hydrogen (secondary N) is 1. The molecule has 0 bridgehead atoms. The van der Waals surface area contributed by atoms with Crippen molar-refractivity contribution in [3.05, 3.63) is 34.6 Å². The molecule has 0 saturated carbocycles. The molecular weight excluding hydrogens is 229 g/mol. The summed E-state index contributed by atoms with van der Waals surface area (Å²) in [5, 5.41) is 3.45. The normalized spacial score (nSPS) is 24.7. The van der Waals surface area contributed by atoms with Gasteiger partial charge in [0.2, 0.25) is 0 Å². The minimum Gasteiger partial charge on any atom is -0.316 e. The Hall–Kier alpha value is -0.930. The predicted octanol–water partition coefficient (Wildman–Crippen LogP) is 2.52. The first-order chi connectivity index (χ1) is 7.59. The molecule has 1 fully saturated rings. The first kappa shape index (κ1) is 11.6. The van der Waals surface area contributed by atoms with Gasteiger partial charge in [-0.15, -0.1) is 0 Å². The van der Waals surface area contributed by atoms with Crippen LogP contribution in [0.5, 0.6) is 0 Å². The van der Waals surface area contributed by atoms with Crippen molar-refractivity contribution in [3.8, 4) is 0 Å². The molecule has 2 atom stereocenters. The molecule has 1 aromatic rings. The van der Waals surface area contributed by atoms with E-state index < -0.39 is 5.82 Å². The summed E-state index contributed by atoms with van der Waals surface area (Å²) in [6.45, 7) is 3.43. The Balaban J connectivity index is 2.27. The summed E-state index contributed by atoms with van der Waals surface area (Å²) in [4.78, 5) is 12.1. The Morgan fingerprint density at radius 1 is 1.50 bits per heavy atom. The van der Waals surface area contributed by atoms with Gasteiger partial charge in [0.25, 0.3) is 0 Å². The van der Waals surface area contributed by atoms with E-state index in [4.69, 9.17) is 11.6 Å². The fourth-order valence-corrected chi connectivity index (χ4v) is 2.21. The number of hydrogen-bond acceptors (Lipinski definition) is 2. The van der Waals surface area contributed by atoms with Crippen molar-refractivity contribution in [2.75, 3.05) is 13.1 Å². The summed E-state index contributed by atoms with van der Waals surface area (Å²) < 4.78 is 13.6. The van der Waals surface area contributed by atoms with Gasteiger partial charge in [-0.25, -0.2) is 4.39 Å². The standard InChI is InChI=1S/C12H13ClFNO/c1-7-5-15-6-10(7)12(16)9-3-2-8(13)4-11(9)14/h2-4,7,10,15H,5-6H2,1H3. The lowest BCUT2D eigenvalue weighted by Gasteiger charge is -2.13. The average molecular weight is 242 g/mol. The highest BCUT2D eigenvalue weighted by Crippen LogP contribution is 2.23. The summed E-state index contributed by atoms with van der Waals surface area (Å²) in [7, 11) is 0. The predicted molar refractivity (Wildman–Crippen MR) is 61.3 cm³/mol. The van der Waals surface area contributed by atoms with Crippen LogP contribution in [0.3, 0.4) is 0 Å². The van der Waals surface area contributed by atoms with Crippen LogP contribution in [-0.2, 0) is 0 Å². The molecule has 0 aliphatic carbocycles. The lowest BCUT2D eigenvalue weighted by atomic mass is 9.89. The zero-order valence-electron chi connectivity index (χ0n) is 8.97. The topological polar surface area (TPSA) is 29.1 Å². The van der Waals surface area contributed by atoms with Crippen LogP contribution in [0.2, 0.25) is 5.02 Å². The summed E-state index contributed by atoms with van der Waals surface area (Å²) in [6, 6.07) is 4.19. The Labute approximate surface area is 98.8 Å². The maximum absolute atomic E-state index is 13.6. The van der Waals surface area contributed by atoms with Crippen LogP contribution in [0.4, 0.5) is 4.39 Å². The molecule has 1 aromatic carbocycles. The van der Waals surface area contributed by atoms with Crippen molar-refractivity contribution in [2.24, 2.45) is 11.8 Å². The van der Waals surface area contributed by atoms with Crippen LogP contribution >= 0.6 is 11.6 Å². The van der Waals surface area contributed by atoms with Crippen LogP contribution in [0, 0.1) is 17.7 Å². The first-order valence-corrected chi connectivity index (χ1v) is 5.67. The zero-order valence-corrected chi connectivity index (χ0v) is 9.72. The van der Waals surface area contributed by atoms with Gasteiger partial charge in [0.05, 0.1) is 5.56 Å². The highest BCUT2D eigenvalue weighted by atomic mass is 35.5. The van der Waals surface area contributed by atoms with E-state index >= 15 is 0 Å². The van der Waals surface area contributed by atoms with Gasteiger partial charge in [0.1, 0.15) is 5.82 Å². The van der Waals surface area contributed by atoms with Crippen LogP contribution in [0.1, 0.15) is 17.3 Å². The minimum absolute atomic E-state index is 0.129. The van der Waals surface area contributed by atoms with Crippen molar-refractivity contribution in [1.82, 2.24) is 5.32 Å². The maximum Gasteiger partial charge on any atom is 0.170 e. The largest absolute Gasteiger partial charge is 0.316 e. The van der Waals surface area contributed by atoms with E-state index in [-0.39, 0.29) is 23.2 Å². The van der Waals surface area contributed by atoms with Crippen molar-refractivity contribution in [2.45, 2.75) is 6.92 Å². The van der Waals surface area contributed by atoms with Crippen molar-refractivity contribution < 1.29 is 9.18 Å². The molecule has 0 amide bonds. The third-order valence-electron chi connectivity index (χ3n) is 3.05. The monoisotopic (exact) mass is 241 g/mol. The van der Waals surface area contributed by atoms with Gasteiger partial charge in [-0.05, 0) is 30.7 Å². The fraction of sp³-hybridized carbons (Fsp3) is 0.417. The molecule has 1 N–H and O–H groups in total. The van der Waals surface area contributed by atoms with E-state index in [0.29, 0.717) is 11.6 Å². The summed E-state index contributed by atoms with van der Waals surface area (Å²) in [5.41, 5.74) is 0.143. The second-order valence-electron chi connectivity index (χ2n) is 4.23. The molecule has 1 heterocycles. The van der Waals surface area contributed by atoms with Crippen molar-refractivity contribution in [3.63, 3.8) is 0 Å². The molecule has 0 aromatic heterocycles. The number of benzene rings is 1. The number of hydrogen-bond donors (Lipinski definition) is 1. The SMILES string of the molecule is CC1CNCC1C(=O)c1ccc(Cl)cc1F. The number of halogens is 2. The zero-order chi connectivity index (χ0) is 11.7. The molecule has 16 heavy (non-hydrogen) atoms. The second kappa shape index (κ2) is 4.52. The molecule has 4 heteroatoms. The highest BCUT2D eigenvalue weighted by Gasteiger charge is 2.31. The van der Waals surface area contributed by atoms with Crippen LogP contribution in [-0.4, -0.2) is 18.9 Å². The molecular formula is C12H13ClFNO. The van der Waals surface area contributed by atoms with Crippen molar-refractivity contribution >= 4 is 17.4 Å². The van der Waals surface area contributed by atoms with Gasteiger partial charge in [-0.3, -0.25) is 4.79 Å². The molecule has 1 aliphatic rings. The van der Waals surface area contributed by atoms with Crippen LogP contribution < -0.4 is 5.32 Å². The summed E-state index contributed by atoms with van der Waals surface area (Å²) >= 11 is 5.65. The van der Waals surface area contributed by atoms with E-state index in [2.05, 4.69) is 5.32 Å². The Kier molecular flexibility index (Phi) is 3.26. The number of rotatable bonds is 2. The molecule has 0 spiro atoms. The van der Waals surface area contributed by atoms with Gasteiger partial charge in [0, 0.05) is 17.5 Å². The number of Topliss-reactive ketones (excluding diaryl/α,β-unsaturated/α-hetero) is 1. The highest BCUT2D eigenvalue weighted by molar-refractivity contribution is 6.30. The number of carbonyl (C=O) groups is 1. The van der Waals surface area contributed by atoms with Gasteiger partial charge >= 0.3 is 0 Å². The third kappa shape index (κ3) is 2.11. The molecule has 2 nitrogen and oxygen atoms in total. The Bertz CT molecular complexity index is 421. The van der Waals surface area contributed by atoms with E-state index in [9.17, 15) is 9.18 Å². The van der Waals surface area contributed by atoms with E-state index in [1.807, 2.05) is 6.92 Å². The molecule has 86 valence electrons. The smallest absolute Gasteiger partial charge is 0.170 e. The minimum atomic E-state index is -0.531. The van der Waals surface area contributed by atoms with Gasteiger partial charge in [-0.1, -0.05) is 18.5 Å². The molecule has 1 saturated heterocycles. The summed E-state index contributed by atoms with van der Waals surface area (Å²) in [5.74, 6) is -0.540. The van der Waals surface area contributed by atoms with E-state index in [0.717, 1.165) is 6.54 Å². The van der Waals surface area contributed by atoms with Gasteiger partial charge in [-0.2, -0.15) is 0 Å². The lowest BCUT2D eigenvalue weighted by molar-refractivity contribution is 0.0903. The Morgan fingerprint density at radius 3 is 2.81 bits per heavy atom. The Morgan fingerprint density at radius 2 is 2.25 bits per heavy atom. The fourth-order valence-electron chi connectivity index (χ4n) is 2.05. The number of carbonyl (C=O) groups excluding carboxylic acids is 1. The average Bonchev–Trinajstić information content (AvgIpc) is 2.63. The van der Waals surface area contributed by atoms with Gasteiger partial charge < -0.3 is 5.32 Å². The van der Waals surface area contributed by atoms with E-state index in [1.54, 1.807) is 6.07 Å². The molecule has 1 aliphatic heterocycles. The maximum atomic E-state index is 13.6. The second-order valence-corrected chi connectivity index (χ2v) is 4.67. The van der Waals surface area contributed by atoms with Crippen molar-refractivity contribution in [1.29, 1.82) is 0 Å². The molecule has 2 unspecified atom stereocenters. The molecule has 2 rings (SSSR count). The quantitative estimate of drug-likeness (QED) is 0.807. The van der Waals surface area contributed by atoms with Crippen LogP contribution in [0.25, 0.3) is 0 Å². The van der Waals surface area contributed by atoms with Crippen LogP contribution in [0.15, 0.2) is 18.2 Å². The van der Waals surface area contributed by atoms with E-state index in [1.165, 1.54) is 12.1 Å². The van der Waals surface area contributed by atoms with Gasteiger partial charge in [0.15, 0.2) is 5.78 Å². The number of ketones is 1. The third-order valence-corrected chi connectivity index (χ3v) is 3.29. The molecule has 0 radical (unpaired) electrons.